The van der Waals surface area contributed by atoms with Gasteiger partial charge in [-0.1, -0.05) is 25.1 Å². The molecule has 2 heterocycles. The third kappa shape index (κ3) is 4.82. The van der Waals surface area contributed by atoms with Gasteiger partial charge < -0.3 is 15.0 Å². The van der Waals surface area contributed by atoms with Gasteiger partial charge in [0.25, 0.3) is 5.91 Å². The number of hydrogen-bond acceptors (Lipinski definition) is 4. The lowest BCUT2D eigenvalue weighted by Crippen LogP contribution is -2.40. The summed E-state index contributed by atoms with van der Waals surface area (Å²) in [5.41, 5.74) is 2.72. The van der Waals surface area contributed by atoms with Gasteiger partial charge in [0.2, 0.25) is 0 Å². The summed E-state index contributed by atoms with van der Waals surface area (Å²) in [6.45, 7) is 6.77. The Kier molecular flexibility index (Phi) is 6.33. The summed E-state index contributed by atoms with van der Waals surface area (Å²) in [6.07, 6.45) is 4.41. The van der Waals surface area contributed by atoms with Crippen LogP contribution in [0.2, 0.25) is 0 Å². The van der Waals surface area contributed by atoms with Crippen LogP contribution in [0.1, 0.15) is 35.7 Å². The van der Waals surface area contributed by atoms with Crippen LogP contribution in [0.25, 0.3) is 10.9 Å². The highest BCUT2D eigenvalue weighted by atomic mass is 16.5. The van der Waals surface area contributed by atoms with Crippen LogP contribution in [-0.4, -0.2) is 53.9 Å². The number of fused-ring (bicyclic) bond motifs is 1. The van der Waals surface area contributed by atoms with E-state index in [1.165, 1.54) is 12.8 Å². The zero-order valence-electron chi connectivity index (χ0n) is 17.8. The van der Waals surface area contributed by atoms with Crippen molar-refractivity contribution in [2.75, 3.05) is 33.3 Å². The Morgan fingerprint density at radius 2 is 2.17 bits per heavy atom. The number of carbonyl (C=O) groups is 1. The lowest BCUT2D eigenvalue weighted by molar-refractivity contribution is 0.0944. The van der Waals surface area contributed by atoms with E-state index in [1.807, 2.05) is 53.3 Å². The maximum atomic E-state index is 12.7. The number of carbonyl (C=O) groups excluding carboxylic acids is 1. The Balaban J connectivity index is 1.42. The van der Waals surface area contributed by atoms with Crippen molar-refractivity contribution in [3.63, 3.8) is 0 Å². The highest BCUT2D eigenvalue weighted by molar-refractivity contribution is 5.97. The molecule has 4 rings (SSSR count). The van der Waals surface area contributed by atoms with Gasteiger partial charge in [-0.3, -0.25) is 9.48 Å². The van der Waals surface area contributed by atoms with E-state index in [-0.39, 0.29) is 5.91 Å². The molecule has 1 aliphatic heterocycles. The number of benzene rings is 2. The van der Waals surface area contributed by atoms with Crippen LogP contribution < -0.4 is 10.1 Å². The Hall–Kier alpha value is -2.86. The molecule has 3 aromatic rings. The van der Waals surface area contributed by atoms with Crippen molar-refractivity contribution in [1.82, 2.24) is 20.0 Å². The van der Waals surface area contributed by atoms with Crippen LogP contribution in [0, 0.1) is 5.92 Å². The third-order valence-electron chi connectivity index (χ3n) is 5.83. The summed E-state index contributed by atoms with van der Waals surface area (Å²) in [7, 11) is 1.67. The van der Waals surface area contributed by atoms with Gasteiger partial charge >= 0.3 is 0 Å². The van der Waals surface area contributed by atoms with Crippen molar-refractivity contribution in [2.24, 2.45) is 5.92 Å². The van der Waals surface area contributed by atoms with E-state index >= 15 is 0 Å². The molecule has 1 amide bonds. The minimum absolute atomic E-state index is 0.0314. The van der Waals surface area contributed by atoms with E-state index in [0.29, 0.717) is 18.7 Å². The van der Waals surface area contributed by atoms with Crippen LogP contribution in [0.3, 0.4) is 0 Å². The number of ether oxygens (including phenoxy) is 1. The monoisotopic (exact) mass is 406 g/mol. The van der Waals surface area contributed by atoms with Gasteiger partial charge in [-0.15, -0.1) is 0 Å². The van der Waals surface area contributed by atoms with Crippen LogP contribution >= 0.6 is 0 Å². The molecule has 0 bridgehead atoms. The number of nitrogens with zero attached hydrogens (tertiary/aromatic N) is 3. The molecule has 0 radical (unpaired) electrons. The first-order valence-corrected chi connectivity index (χ1v) is 10.7. The highest BCUT2D eigenvalue weighted by Crippen LogP contribution is 2.19. The fourth-order valence-corrected chi connectivity index (χ4v) is 4.20. The van der Waals surface area contributed by atoms with Crippen molar-refractivity contribution >= 4 is 16.8 Å². The van der Waals surface area contributed by atoms with E-state index in [9.17, 15) is 4.79 Å². The molecule has 30 heavy (non-hydrogen) atoms. The first-order chi connectivity index (χ1) is 14.6. The quantitative estimate of drug-likeness (QED) is 0.652. The summed E-state index contributed by atoms with van der Waals surface area (Å²) < 4.78 is 7.24. The molecule has 1 aromatic heterocycles. The van der Waals surface area contributed by atoms with E-state index in [4.69, 9.17) is 4.74 Å². The van der Waals surface area contributed by atoms with E-state index in [0.717, 1.165) is 47.8 Å². The number of methoxy groups -OCH3 is 1. The lowest BCUT2D eigenvalue weighted by atomic mass is 10.0. The minimum atomic E-state index is -0.0314. The zero-order valence-corrected chi connectivity index (χ0v) is 17.8. The number of aromatic nitrogens is 2. The van der Waals surface area contributed by atoms with Gasteiger partial charge in [-0.2, -0.15) is 5.10 Å². The Morgan fingerprint density at radius 3 is 3.00 bits per heavy atom. The normalized spacial score (nSPS) is 17.2. The minimum Gasteiger partial charge on any atom is -0.497 e. The third-order valence-corrected chi connectivity index (χ3v) is 5.83. The summed E-state index contributed by atoms with van der Waals surface area (Å²) in [4.78, 5) is 15.1. The molecule has 6 heteroatoms. The molecule has 2 aromatic carbocycles. The number of piperidine rings is 1. The molecule has 0 aliphatic carbocycles. The molecule has 0 saturated carbocycles. The molecule has 1 fully saturated rings. The maximum Gasteiger partial charge on any atom is 0.251 e. The largest absolute Gasteiger partial charge is 0.497 e. The molecule has 1 atom stereocenters. The molecule has 1 N–H and O–H groups in total. The first-order valence-electron chi connectivity index (χ1n) is 10.7. The average Bonchev–Trinajstić information content (AvgIpc) is 3.16. The first kappa shape index (κ1) is 20.4. The van der Waals surface area contributed by atoms with E-state index in [1.54, 1.807) is 7.11 Å². The van der Waals surface area contributed by atoms with Gasteiger partial charge in [0.15, 0.2) is 0 Å². The number of rotatable bonds is 7. The van der Waals surface area contributed by atoms with Crippen LogP contribution in [0.15, 0.2) is 48.7 Å². The fourth-order valence-electron chi connectivity index (χ4n) is 4.20. The van der Waals surface area contributed by atoms with Crippen LogP contribution in [-0.2, 0) is 6.54 Å². The second-order valence-electron chi connectivity index (χ2n) is 8.23. The Morgan fingerprint density at radius 1 is 1.27 bits per heavy atom. The Labute approximate surface area is 177 Å². The van der Waals surface area contributed by atoms with E-state index in [2.05, 4.69) is 22.2 Å². The fraction of sp³-hybridized carbons (Fsp3) is 0.417. The molecule has 0 spiro atoms. The zero-order chi connectivity index (χ0) is 20.9. The van der Waals surface area contributed by atoms with Crippen molar-refractivity contribution in [3.8, 4) is 5.75 Å². The Bertz CT molecular complexity index is 1010. The molecule has 1 aliphatic rings. The lowest BCUT2D eigenvalue weighted by Gasteiger charge is -2.30. The standard InChI is InChI=1S/C24H30N4O2/c1-18-5-4-11-27(16-18)12-10-25-24(29)20-8-9-21-15-26-28(23(21)14-20)17-19-6-3-7-22(13-19)30-2/h3,6-9,13-15,18H,4-5,10-12,16-17H2,1-2H3,(H,25,29). The van der Waals surface area contributed by atoms with Crippen molar-refractivity contribution in [1.29, 1.82) is 0 Å². The molecule has 1 unspecified atom stereocenters. The summed E-state index contributed by atoms with van der Waals surface area (Å²) >= 11 is 0. The van der Waals surface area contributed by atoms with E-state index < -0.39 is 0 Å². The average molecular weight is 407 g/mol. The summed E-state index contributed by atoms with van der Waals surface area (Å²) in [6, 6.07) is 13.7. The molecular formula is C24H30N4O2. The SMILES string of the molecule is COc1cccc(Cn2ncc3ccc(C(=O)NCCN4CCCC(C)C4)cc32)c1. The maximum absolute atomic E-state index is 12.7. The topological polar surface area (TPSA) is 59.4 Å². The summed E-state index contributed by atoms with van der Waals surface area (Å²) in [5, 5.41) is 8.61. The molecule has 6 nitrogen and oxygen atoms in total. The second-order valence-corrected chi connectivity index (χ2v) is 8.23. The van der Waals surface area contributed by atoms with Gasteiger partial charge in [-0.05, 0) is 55.1 Å². The number of likely N-dealkylation sites (tertiary alicyclic amines) is 1. The predicted octanol–water partition coefficient (Wildman–Crippen LogP) is 3.55. The van der Waals surface area contributed by atoms with Crippen LogP contribution in [0.4, 0.5) is 0 Å². The number of nitrogens with one attached hydrogen (secondary N) is 1. The summed E-state index contributed by atoms with van der Waals surface area (Å²) in [5.74, 6) is 1.55. The smallest absolute Gasteiger partial charge is 0.251 e. The van der Waals surface area contributed by atoms with Crippen molar-refractivity contribution in [3.05, 3.63) is 59.8 Å². The van der Waals surface area contributed by atoms with Gasteiger partial charge in [0.1, 0.15) is 5.75 Å². The van der Waals surface area contributed by atoms with Gasteiger partial charge in [-0.25, -0.2) is 0 Å². The molecular weight excluding hydrogens is 376 g/mol. The molecule has 1 saturated heterocycles. The number of amides is 1. The predicted molar refractivity (Wildman–Crippen MR) is 119 cm³/mol. The van der Waals surface area contributed by atoms with Gasteiger partial charge in [0.05, 0.1) is 25.4 Å². The second kappa shape index (κ2) is 9.30. The van der Waals surface area contributed by atoms with Crippen molar-refractivity contribution in [2.45, 2.75) is 26.3 Å². The number of hydrogen-bond donors (Lipinski definition) is 1. The van der Waals surface area contributed by atoms with Crippen LogP contribution in [0.5, 0.6) is 5.75 Å². The van der Waals surface area contributed by atoms with Crippen molar-refractivity contribution < 1.29 is 9.53 Å². The molecule has 158 valence electrons. The van der Waals surface area contributed by atoms with Gasteiger partial charge in [0, 0.05) is 30.6 Å². The highest BCUT2D eigenvalue weighted by Gasteiger charge is 2.16.